The van der Waals surface area contributed by atoms with Crippen molar-refractivity contribution in [3.05, 3.63) is 90.7 Å². The maximum Gasteiger partial charge on any atom is 0.264 e. The maximum absolute atomic E-state index is 12.6. The second-order valence-electron chi connectivity index (χ2n) is 7.67. The number of rotatable bonds is 6. The zero-order valence-electron chi connectivity index (χ0n) is 18.8. The van der Waals surface area contributed by atoms with Crippen LogP contribution >= 0.6 is 43.6 Å². The summed E-state index contributed by atoms with van der Waals surface area (Å²) < 4.78 is 13.4. The lowest BCUT2D eigenvalue weighted by molar-refractivity contribution is -0.115. The van der Waals surface area contributed by atoms with Gasteiger partial charge >= 0.3 is 0 Å². The summed E-state index contributed by atoms with van der Waals surface area (Å²) in [7, 11) is 1.60. The molecule has 3 aromatic rings. The van der Waals surface area contributed by atoms with Gasteiger partial charge in [0, 0.05) is 8.95 Å². The molecule has 0 unspecified atom stereocenters. The molecule has 1 amide bonds. The van der Waals surface area contributed by atoms with Crippen molar-refractivity contribution in [1.29, 1.82) is 0 Å². The molecule has 1 aliphatic heterocycles. The third-order valence-corrected chi connectivity index (χ3v) is 7.96. The molecule has 4 rings (SSSR count). The van der Waals surface area contributed by atoms with Crippen molar-refractivity contribution in [2.45, 2.75) is 20.5 Å². The van der Waals surface area contributed by atoms with Crippen LogP contribution in [-0.2, 0) is 11.4 Å². The van der Waals surface area contributed by atoms with Crippen LogP contribution in [0.1, 0.15) is 22.3 Å². The number of carbonyl (C=O) groups excluding carboxylic acids is 1. The van der Waals surface area contributed by atoms with Crippen molar-refractivity contribution in [1.82, 2.24) is 5.32 Å². The van der Waals surface area contributed by atoms with Crippen molar-refractivity contribution in [3.8, 4) is 11.5 Å². The van der Waals surface area contributed by atoms with E-state index in [1.165, 1.54) is 11.8 Å². The van der Waals surface area contributed by atoms with Gasteiger partial charge in [0.2, 0.25) is 0 Å². The van der Waals surface area contributed by atoms with Crippen LogP contribution in [0.4, 0.5) is 5.69 Å². The fraction of sp³-hybridized carbons (Fsp3) is 0.154. The van der Waals surface area contributed by atoms with E-state index in [0.717, 1.165) is 36.9 Å². The van der Waals surface area contributed by atoms with Crippen molar-refractivity contribution in [3.63, 3.8) is 0 Å². The quantitative estimate of drug-likeness (QED) is 0.301. The molecule has 0 spiro atoms. The molecule has 0 saturated carbocycles. The minimum atomic E-state index is -0.190. The standard InChI is InChI=1S/C26H22Br2N2O3S/c1-15-9-19(10-16(2)24(15)28)29-26-30-25(31)23(34-26)12-18-11-21(32-3)22(13-20(18)27)33-14-17-7-5-4-6-8-17/h4-13H,14H2,1-3H3,(H,29,30,31)/b23-12-. The number of amidine groups is 1. The SMILES string of the molecule is COc1cc(/C=C2\SC(=Nc3cc(C)c(Br)c(C)c3)NC2=O)c(Br)cc1OCc1ccccc1. The van der Waals surface area contributed by atoms with Gasteiger partial charge in [0.05, 0.1) is 17.7 Å². The van der Waals surface area contributed by atoms with E-state index in [-0.39, 0.29) is 5.91 Å². The summed E-state index contributed by atoms with van der Waals surface area (Å²) in [4.78, 5) is 17.8. The van der Waals surface area contributed by atoms with E-state index < -0.39 is 0 Å². The molecule has 8 heteroatoms. The highest BCUT2D eigenvalue weighted by Crippen LogP contribution is 2.37. The summed E-state index contributed by atoms with van der Waals surface area (Å²) in [6.07, 6.45) is 1.81. The molecule has 0 bridgehead atoms. The molecule has 0 aliphatic carbocycles. The molecule has 1 fully saturated rings. The normalized spacial score (nSPS) is 15.6. The van der Waals surface area contributed by atoms with E-state index in [2.05, 4.69) is 42.2 Å². The van der Waals surface area contributed by atoms with Crippen LogP contribution in [-0.4, -0.2) is 18.2 Å². The Hall–Kier alpha value is -2.55. The predicted octanol–water partition coefficient (Wildman–Crippen LogP) is 7.31. The van der Waals surface area contributed by atoms with Gasteiger partial charge in [-0.3, -0.25) is 4.79 Å². The van der Waals surface area contributed by atoms with Gasteiger partial charge in [-0.2, -0.15) is 0 Å². The van der Waals surface area contributed by atoms with Crippen LogP contribution in [0.3, 0.4) is 0 Å². The number of benzene rings is 3. The first-order chi connectivity index (χ1) is 16.3. The first-order valence-electron chi connectivity index (χ1n) is 10.4. The molecule has 1 aliphatic rings. The Morgan fingerprint density at radius 2 is 1.74 bits per heavy atom. The average Bonchev–Trinajstić information content (AvgIpc) is 3.16. The molecular weight excluding hydrogens is 580 g/mol. The van der Waals surface area contributed by atoms with Gasteiger partial charge in [0.25, 0.3) is 5.91 Å². The molecule has 1 heterocycles. The highest BCUT2D eigenvalue weighted by molar-refractivity contribution is 9.10. The first-order valence-corrected chi connectivity index (χ1v) is 12.8. The summed E-state index contributed by atoms with van der Waals surface area (Å²) in [5, 5.41) is 3.39. The minimum Gasteiger partial charge on any atom is -0.493 e. The Morgan fingerprint density at radius 1 is 1.03 bits per heavy atom. The Bertz CT molecular complexity index is 1280. The average molecular weight is 602 g/mol. The third-order valence-electron chi connectivity index (χ3n) is 5.11. The highest BCUT2D eigenvalue weighted by Gasteiger charge is 2.24. The predicted molar refractivity (Wildman–Crippen MR) is 146 cm³/mol. The minimum absolute atomic E-state index is 0.190. The summed E-state index contributed by atoms with van der Waals surface area (Å²) in [5.74, 6) is 1.01. The molecule has 1 saturated heterocycles. The topological polar surface area (TPSA) is 59.9 Å². The zero-order chi connectivity index (χ0) is 24.2. The number of thioether (sulfide) groups is 1. The lowest BCUT2D eigenvalue weighted by atomic mass is 10.1. The lowest BCUT2D eigenvalue weighted by Gasteiger charge is -2.13. The van der Waals surface area contributed by atoms with Crippen LogP contribution in [0.2, 0.25) is 0 Å². The molecule has 3 aromatic carbocycles. The Morgan fingerprint density at radius 3 is 2.41 bits per heavy atom. The number of nitrogens with one attached hydrogen (secondary N) is 1. The fourth-order valence-electron chi connectivity index (χ4n) is 3.40. The number of hydrogen-bond donors (Lipinski definition) is 1. The summed E-state index contributed by atoms with van der Waals surface area (Å²) in [6, 6.07) is 17.6. The second-order valence-corrected chi connectivity index (χ2v) is 10.4. The number of aliphatic imine (C=N–C) groups is 1. The number of nitrogens with zero attached hydrogens (tertiary/aromatic N) is 1. The van der Waals surface area contributed by atoms with Crippen molar-refractivity contribution < 1.29 is 14.3 Å². The van der Waals surface area contributed by atoms with Gasteiger partial charge < -0.3 is 14.8 Å². The number of amides is 1. The molecular formula is C26H22Br2N2O3S. The number of hydrogen-bond acceptors (Lipinski definition) is 5. The molecule has 0 atom stereocenters. The van der Waals surface area contributed by atoms with Crippen molar-refractivity contribution >= 4 is 66.5 Å². The Labute approximate surface area is 219 Å². The van der Waals surface area contributed by atoms with E-state index in [0.29, 0.717) is 28.2 Å². The number of halogens is 2. The van der Waals surface area contributed by atoms with Gasteiger partial charge in [-0.05, 0) is 78.2 Å². The monoisotopic (exact) mass is 600 g/mol. The highest BCUT2D eigenvalue weighted by atomic mass is 79.9. The Balaban J connectivity index is 1.55. The first kappa shape index (κ1) is 24.6. The van der Waals surface area contributed by atoms with Crippen LogP contribution in [0.15, 0.2) is 73.4 Å². The molecule has 0 aromatic heterocycles. The third kappa shape index (κ3) is 5.74. The molecule has 0 radical (unpaired) electrons. The van der Waals surface area contributed by atoms with Gasteiger partial charge in [-0.15, -0.1) is 0 Å². The van der Waals surface area contributed by atoms with E-state index in [4.69, 9.17) is 9.47 Å². The van der Waals surface area contributed by atoms with Crippen LogP contribution in [0, 0.1) is 13.8 Å². The van der Waals surface area contributed by atoms with Gasteiger partial charge in [-0.1, -0.05) is 62.2 Å². The smallest absolute Gasteiger partial charge is 0.264 e. The van der Waals surface area contributed by atoms with Crippen molar-refractivity contribution in [2.75, 3.05) is 7.11 Å². The van der Waals surface area contributed by atoms with E-state index >= 15 is 0 Å². The fourth-order valence-corrected chi connectivity index (χ4v) is 4.89. The Kier molecular flexibility index (Phi) is 7.80. The molecule has 34 heavy (non-hydrogen) atoms. The summed E-state index contributed by atoms with van der Waals surface area (Å²) >= 11 is 8.47. The number of aryl methyl sites for hydroxylation is 2. The lowest BCUT2D eigenvalue weighted by Crippen LogP contribution is -2.19. The molecule has 1 N–H and O–H groups in total. The summed E-state index contributed by atoms with van der Waals surface area (Å²) in [5.41, 5.74) is 4.85. The zero-order valence-corrected chi connectivity index (χ0v) is 22.8. The van der Waals surface area contributed by atoms with E-state index in [1.807, 2.05) is 74.5 Å². The van der Waals surface area contributed by atoms with E-state index in [9.17, 15) is 4.79 Å². The van der Waals surface area contributed by atoms with Crippen molar-refractivity contribution in [2.24, 2.45) is 4.99 Å². The van der Waals surface area contributed by atoms with Crippen LogP contribution < -0.4 is 14.8 Å². The largest absolute Gasteiger partial charge is 0.493 e. The molecule has 174 valence electrons. The molecule has 5 nitrogen and oxygen atoms in total. The number of methoxy groups -OCH3 is 1. The van der Waals surface area contributed by atoms with Crippen LogP contribution in [0.5, 0.6) is 11.5 Å². The van der Waals surface area contributed by atoms with Gasteiger partial charge in [0.15, 0.2) is 16.7 Å². The maximum atomic E-state index is 12.6. The van der Waals surface area contributed by atoms with Gasteiger partial charge in [-0.25, -0.2) is 4.99 Å². The van der Waals surface area contributed by atoms with E-state index in [1.54, 1.807) is 7.11 Å². The summed E-state index contributed by atoms with van der Waals surface area (Å²) in [6.45, 7) is 4.46. The second kappa shape index (κ2) is 10.8. The van der Waals surface area contributed by atoms with Gasteiger partial charge in [0.1, 0.15) is 6.61 Å². The number of carbonyl (C=O) groups is 1. The number of ether oxygens (including phenoxy) is 2. The van der Waals surface area contributed by atoms with Crippen LogP contribution in [0.25, 0.3) is 6.08 Å².